The third-order valence-corrected chi connectivity index (χ3v) is 3.13. The molecule has 0 saturated heterocycles. The number of benzene rings is 1. The van der Waals surface area contributed by atoms with Crippen LogP contribution in [0.2, 0.25) is 5.02 Å². The number of fused-ring (bicyclic) bond motifs is 1. The number of carbonyl (C=O) groups excluding carboxylic acids is 1. The Morgan fingerprint density at radius 1 is 1.25 bits per heavy atom. The lowest BCUT2D eigenvalue weighted by molar-refractivity contribution is 0.0925. The first-order chi connectivity index (χ1) is 9.72. The smallest absolute Gasteiger partial charge is 0.287 e. The van der Waals surface area contributed by atoms with Crippen molar-refractivity contribution in [1.29, 1.82) is 0 Å². The first-order valence-corrected chi connectivity index (χ1v) is 6.47. The average molecular weight is 287 g/mol. The summed E-state index contributed by atoms with van der Waals surface area (Å²) in [6, 6.07) is 12.5. The number of amides is 1. The van der Waals surface area contributed by atoms with E-state index in [9.17, 15) is 4.79 Å². The molecule has 0 spiro atoms. The Morgan fingerprint density at radius 2 is 2.05 bits per heavy atom. The molecule has 0 aliphatic rings. The molecule has 0 aliphatic carbocycles. The molecule has 20 heavy (non-hydrogen) atoms. The second-order valence-corrected chi connectivity index (χ2v) is 4.74. The molecule has 2 aromatic heterocycles. The number of rotatable bonds is 3. The van der Waals surface area contributed by atoms with E-state index in [1.54, 1.807) is 36.5 Å². The summed E-state index contributed by atoms with van der Waals surface area (Å²) >= 11 is 5.81. The van der Waals surface area contributed by atoms with Gasteiger partial charge in [0.25, 0.3) is 5.91 Å². The molecule has 0 radical (unpaired) electrons. The second kappa shape index (κ2) is 5.35. The van der Waals surface area contributed by atoms with Crippen LogP contribution in [-0.4, -0.2) is 10.9 Å². The zero-order chi connectivity index (χ0) is 13.9. The molecule has 0 fully saturated rings. The van der Waals surface area contributed by atoms with Crippen molar-refractivity contribution in [3.63, 3.8) is 0 Å². The van der Waals surface area contributed by atoms with Gasteiger partial charge in [-0.1, -0.05) is 23.7 Å². The van der Waals surface area contributed by atoms with Crippen LogP contribution in [-0.2, 0) is 6.54 Å². The molecule has 0 aliphatic heterocycles. The van der Waals surface area contributed by atoms with E-state index in [0.717, 1.165) is 5.56 Å². The zero-order valence-corrected chi connectivity index (χ0v) is 11.2. The molecule has 1 N–H and O–H groups in total. The Balaban J connectivity index is 1.71. The maximum Gasteiger partial charge on any atom is 0.287 e. The number of carbonyl (C=O) groups is 1. The third kappa shape index (κ3) is 2.65. The number of hydrogen-bond donors (Lipinski definition) is 1. The monoisotopic (exact) mass is 286 g/mol. The maximum absolute atomic E-state index is 12.0. The van der Waals surface area contributed by atoms with Gasteiger partial charge < -0.3 is 9.73 Å². The zero-order valence-electron chi connectivity index (χ0n) is 10.5. The molecule has 2 heterocycles. The number of halogens is 1. The van der Waals surface area contributed by atoms with Crippen LogP contribution in [0.5, 0.6) is 0 Å². The van der Waals surface area contributed by atoms with Crippen molar-refractivity contribution in [2.75, 3.05) is 0 Å². The van der Waals surface area contributed by atoms with Crippen molar-refractivity contribution in [2.24, 2.45) is 0 Å². The molecule has 3 rings (SSSR count). The van der Waals surface area contributed by atoms with Crippen molar-refractivity contribution in [3.05, 3.63) is 65.0 Å². The fourth-order valence-electron chi connectivity index (χ4n) is 1.85. The van der Waals surface area contributed by atoms with E-state index in [4.69, 9.17) is 16.0 Å². The third-order valence-electron chi connectivity index (χ3n) is 2.88. The Kier molecular flexibility index (Phi) is 3.39. The highest BCUT2D eigenvalue weighted by Crippen LogP contribution is 2.16. The van der Waals surface area contributed by atoms with E-state index in [1.807, 2.05) is 12.1 Å². The summed E-state index contributed by atoms with van der Waals surface area (Å²) in [6.07, 6.45) is 1.66. The van der Waals surface area contributed by atoms with Crippen molar-refractivity contribution < 1.29 is 9.21 Å². The van der Waals surface area contributed by atoms with E-state index in [2.05, 4.69) is 10.3 Å². The molecule has 0 unspecified atom stereocenters. The fraction of sp³-hybridized carbons (Fsp3) is 0.0667. The number of nitrogens with one attached hydrogen (secondary N) is 1. The van der Waals surface area contributed by atoms with Crippen molar-refractivity contribution in [3.8, 4) is 0 Å². The van der Waals surface area contributed by atoms with Crippen LogP contribution in [0.15, 0.2) is 53.1 Å². The number of furan rings is 1. The Morgan fingerprint density at radius 3 is 2.80 bits per heavy atom. The van der Waals surface area contributed by atoms with Crippen LogP contribution in [0, 0.1) is 0 Å². The Labute approximate surface area is 120 Å². The molecular weight excluding hydrogens is 276 g/mol. The summed E-state index contributed by atoms with van der Waals surface area (Å²) in [7, 11) is 0. The topological polar surface area (TPSA) is 55.1 Å². The van der Waals surface area contributed by atoms with Crippen LogP contribution in [0.1, 0.15) is 16.1 Å². The van der Waals surface area contributed by atoms with Gasteiger partial charge in [-0.05, 0) is 29.8 Å². The lowest BCUT2D eigenvalue weighted by Gasteiger charge is -2.03. The summed E-state index contributed by atoms with van der Waals surface area (Å²) in [5.74, 6) is -0.00869. The molecule has 4 nitrogen and oxygen atoms in total. The Bertz CT molecular complexity index is 717. The highest BCUT2D eigenvalue weighted by molar-refractivity contribution is 6.30. The summed E-state index contributed by atoms with van der Waals surface area (Å²) in [4.78, 5) is 16.1. The van der Waals surface area contributed by atoms with Gasteiger partial charge in [-0.3, -0.25) is 9.78 Å². The number of nitrogens with zero attached hydrogens (tertiary/aromatic N) is 1. The molecule has 0 bridgehead atoms. The summed E-state index contributed by atoms with van der Waals surface area (Å²) < 4.78 is 5.44. The molecule has 0 atom stereocenters. The van der Waals surface area contributed by atoms with Crippen molar-refractivity contribution in [2.45, 2.75) is 6.54 Å². The lowest BCUT2D eigenvalue weighted by Crippen LogP contribution is -2.22. The number of pyridine rings is 1. The van der Waals surface area contributed by atoms with Gasteiger partial charge in [0.15, 0.2) is 11.3 Å². The number of aromatic nitrogens is 1. The van der Waals surface area contributed by atoms with E-state index < -0.39 is 0 Å². The van der Waals surface area contributed by atoms with Crippen LogP contribution in [0.3, 0.4) is 0 Å². The van der Waals surface area contributed by atoms with Gasteiger partial charge in [0.2, 0.25) is 0 Å². The minimum absolute atomic E-state index is 0.257. The summed E-state index contributed by atoms with van der Waals surface area (Å²) in [5.41, 5.74) is 2.24. The fourth-order valence-corrected chi connectivity index (χ4v) is 1.98. The molecule has 3 aromatic rings. The van der Waals surface area contributed by atoms with Gasteiger partial charge in [-0.25, -0.2) is 0 Å². The van der Waals surface area contributed by atoms with Crippen LogP contribution in [0.25, 0.3) is 11.1 Å². The quantitative estimate of drug-likeness (QED) is 0.803. The van der Waals surface area contributed by atoms with Crippen molar-refractivity contribution >= 4 is 28.6 Å². The first-order valence-electron chi connectivity index (χ1n) is 6.09. The minimum Gasteiger partial charge on any atom is -0.449 e. The summed E-state index contributed by atoms with van der Waals surface area (Å²) in [6.45, 7) is 0.417. The average Bonchev–Trinajstić information content (AvgIpc) is 2.90. The Hall–Kier alpha value is -2.33. The van der Waals surface area contributed by atoms with E-state index in [0.29, 0.717) is 22.7 Å². The van der Waals surface area contributed by atoms with Gasteiger partial charge in [0.1, 0.15) is 5.52 Å². The van der Waals surface area contributed by atoms with Gasteiger partial charge >= 0.3 is 0 Å². The normalized spacial score (nSPS) is 10.7. The maximum atomic E-state index is 12.0. The van der Waals surface area contributed by atoms with Gasteiger partial charge in [0, 0.05) is 23.8 Å². The highest BCUT2D eigenvalue weighted by Gasteiger charge is 2.12. The van der Waals surface area contributed by atoms with Crippen molar-refractivity contribution in [1.82, 2.24) is 10.3 Å². The standard InChI is InChI=1S/C15H11ClN2O2/c16-11-5-3-10(4-6-11)9-18-15(19)14-8-12-13(20-14)2-1-7-17-12/h1-8H,9H2,(H,18,19). The lowest BCUT2D eigenvalue weighted by atomic mass is 10.2. The predicted octanol–water partition coefficient (Wildman–Crippen LogP) is 3.41. The second-order valence-electron chi connectivity index (χ2n) is 4.31. The largest absolute Gasteiger partial charge is 0.449 e. The molecule has 1 aromatic carbocycles. The van der Waals surface area contributed by atoms with E-state index >= 15 is 0 Å². The molecule has 1 amide bonds. The van der Waals surface area contributed by atoms with Gasteiger partial charge in [-0.15, -0.1) is 0 Å². The van der Waals surface area contributed by atoms with E-state index in [-0.39, 0.29) is 11.7 Å². The van der Waals surface area contributed by atoms with E-state index in [1.165, 1.54) is 0 Å². The molecule has 0 saturated carbocycles. The molecular formula is C15H11ClN2O2. The first kappa shape index (κ1) is 12.7. The molecule has 5 heteroatoms. The highest BCUT2D eigenvalue weighted by atomic mass is 35.5. The minimum atomic E-state index is -0.266. The van der Waals surface area contributed by atoms with Crippen LogP contribution < -0.4 is 5.32 Å². The number of hydrogen-bond acceptors (Lipinski definition) is 3. The predicted molar refractivity (Wildman–Crippen MR) is 76.6 cm³/mol. The molecule has 100 valence electrons. The van der Waals surface area contributed by atoms with Crippen LogP contribution >= 0.6 is 11.6 Å². The van der Waals surface area contributed by atoms with Gasteiger partial charge in [0.05, 0.1) is 0 Å². The van der Waals surface area contributed by atoms with Gasteiger partial charge in [-0.2, -0.15) is 0 Å². The van der Waals surface area contributed by atoms with Crippen LogP contribution in [0.4, 0.5) is 0 Å². The summed E-state index contributed by atoms with van der Waals surface area (Å²) in [5, 5.41) is 3.46. The SMILES string of the molecule is O=C(NCc1ccc(Cl)cc1)c1cc2ncccc2o1.